The van der Waals surface area contributed by atoms with Crippen molar-refractivity contribution in [2.75, 3.05) is 39.6 Å². The molecule has 5 atom stereocenters. The molecule has 0 heterocycles. The fourth-order valence-corrected chi connectivity index (χ4v) is 10.7. The molecule has 0 radical (unpaired) electrons. The van der Waals surface area contributed by atoms with Gasteiger partial charge >= 0.3 is 39.5 Å². The first-order valence-corrected chi connectivity index (χ1v) is 36.3. The van der Waals surface area contributed by atoms with E-state index in [1.54, 1.807) is 0 Å². The largest absolute Gasteiger partial charge is 0.472 e. The van der Waals surface area contributed by atoms with Gasteiger partial charge in [-0.3, -0.25) is 37.3 Å². The zero-order valence-electron chi connectivity index (χ0n) is 53.7. The predicted molar refractivity (Wildman–Crippen MR) is 335 cm³/mol. The van der Waals surface area contributed by atoms with Crippen LogP contribution in [0.25, 0.3) is 0 Å². The average Bonchev–Trinajstić information content (AvgIpc) is 3.59. The van der Waals surface area contributed by atoms with Gasteiger partial charge in [0.15, 0.2) is 12.2 Å². The molecular formula is C65H122O17P2. The van der Waals surface area contributed by atoms with Crippen molar-refractivity contribution in [1.82, 2.24) is 0 Å². The highest BCUT2D eigenvalue weighted by atomic mass is 31.2. The third-order valence-electron chi connectivity index (χ3n) is 14.3. The van der Waals surface area contributed by atoms with Gasteiger partial charge in [0, 0.05) is 25.7 Å². The summed E-state index contributed by atoms with van der Waals surface area (Å²) in [5.41, 5.74) is 0. The van der Waals surface area contributed by atoms with Crippen molar-refractivity contribution < 1.29 is 80.2 Å². The molecule has 0 aromatic heterocycles. The second kappa shape index (κ2) is 57.0. The van der Waals surface area contributed by atoms with Crippen LogP contribution in [0.1, 0.15) is 298 Å². The molecule has 0 aliphatic rings. The smallest absolute Gasteiger partial charge is 0.462 e. The summed E-state index contributed by atoms with van der Waals surface area (Å²) in [6.45, 7) is 9.29. The molecule has 0 spiro atoms. The molecule has 0 amide bonds. The molecule has 0 aromatic rings. The van der Waals surface area contributed by atoms with Crippen LogP contribution in [-0.4, -0.2) is 96.7 Å². The fraction of sp³-hybridized carbons (Fsp3) is 0.877. The zero-order chi connectivity index (χ0) is 62.2. The lowest BCUT2D eigenvalue weighted by atomic mass is 10.0. The first-order chi connectivity index (χ1) is 40.4. The minimum atomic E-state index is -4.95. The van der Waals surface area contributed by atoms with E-state index in [2.05, 4.69) is 65.8 Å². The lowest BCUT2D eigenvalue weighted by molar-refractivity contribution is -0.161. The van der Waals surface area contributed by atoms with Crippen LogP contribution in [0.4, 0.5) is 0 Å². The number of hydrogen-bond acceptors (Lipinski definition) is 15. The number of allylic oxidation sites excluding steroid dienone is 4. The quantitative estimate of drug-likeness (QED) is 0.0169. The van der Waals surface area contributed by atoms with Crippen LogP contribution < -0.4 is 0 Å². The van der Waals surface area contributed by atoms with Crippen molar-refractivity contribution >= 4 is 39.5 Å². The van der Waals surface area contributed by atoms with Gasteiger partial charge in [0.05, 0.1) is 26.4 Å². The van der Waals surface area contributed by atoms with Crippen LogP contribution in [0.2, 0.25) is 0 Å². The number of ether oxygens (including phenoxy) is 4. The number of esters is 4. The summed E-state index contributed by atoms with van der Waals surface area (Å²) in [6.07, 6.45) is 42.8. The minimum absolute atomic E-state index is 0.0843. The Labute approximate surface area is 510 Å². The molecule has 84 heavy (non-hydrogen) atoms. The highest BCUT2D eigenvalue weighted by Gasteiger charge is 2.30. The van der Waals surface area contributed by atoms with Crippen LogP contribution in [0.5, 0.6) is 0 Å². The minimum Gasteiger partial charge on any atom is -0.462 e. The van der Waals surface area contributed by atoms with E-state index in [9.17, 15) is 43.2 Å². The summed E-state index contributed by atoms with van der Waals surface area (Å²) in [5, 5.41) is 10.5. The maximum absolute atomic E-state index is 13.0. The molecule has 0 aliphatic heterocycles. The van der Waals surface area contributed by atoms with Gasteiger partial charge in [-0.05, 0) is 63.2 Å². The Hall–Kier alpha value is -2.46. The maximum Gasteiger partial charge on any atom is 0.472 e. The van der Waals surface area contributed by atoms with Gasteiger partial charge in [-0.1, -0.05) is 246 Å². The summed E-state index contributed by atoms with van der Waals surface area (Å²) in [7, 11) is -9.90. The average molecular weight is 1240 g/mol. The Morgan fingerprint density at radius 3 is 0.976 bits per heavy atom. The Balaban J connectivity index is 5.25. The Kier molecular flexibility index (Phi) is 55.3. The molecule has 0 aromatic carbocycles. The van der Waals surface area contributed by atoms with Crippen LogP contribution in [0.15, 0.2) is 24.3 Å². The van der Waals surface area contributed by atoms with E-state index in [0.29, 0.717) is 31.6 Å². The molecule has 0 saturated carbocycles. The molecule has 19 heteroatoms. The molecule has 0 aliphatic carbocycles. The number of phosphoric acid groups is 2. The van der Waals surface area contributed by atoms with E-state index in [1.807, 2.05) is 0 Å². The monoisotopic (exact) mass is 1240 g/mol. The van der Waals surface area contributed by atoms with Gasteiger partial charge in [0.25, 0.3) is 0 Å². The second-order valence-electron chi connectivity index (χ2n) is 23.8. The van der Waals surface area contributed by atoms with Gasteiger partial charge in [-0.15, -0.1) is 0 Å². The normalized spacial score (nSPS) is 14.5. The Morgan fingerprint density at radius 1 is 0.369 bits per heavy atom. The highest BCUT2D eigenvalue weighted by molar-refractivity contribution is 7.47. The number of carbonyl (C=O) groups is 4. The summed E-state index contributed by atoms with van der Waals surface area (Å²) in [6, 6.07) is 0. The van der Waals surface area contributed by atoms with E-state index in [4.69, 9.17) is 37.0 Å². The zero-order valence-corrected chi connectivity index (χ0v) is 55.5. The molecule has 494 valence electrons. The van der Waals surface area contributed by atoms with Gasteiger partial charge in [0.2, 0.25) is 0 Å². The summed E-state index contributed by atoms with van der Waals surface area (Å²) >= 11 is 0. The third kappa shape index (κ3) is 58.6. The van der Waals surface area contributed by atoms with Crippen molar-refractivity contribution in [3.8, 4) is 0 Å². The van der Waals surface area contributed by atoms with E-state index < -0.39 is 97.5 Å². The number of unbranched alkanes of at least 4 members (excludes halogenated alkanes) is 29. The molecule has 3 N–H and O–H groups in total. The van der Waals surface area contributed by atoms with Crippen LogP contribution >= 0.6 is 15.6 Å². The van der Waals surface area contributed by atoms with Gasteiger partial charge in [-0.2, -0.15) is 0 Å². The lowest BCUT2D eigenvalue weighted by Gasteiger charge is -2.21. The SMILES string of the molecule is CCCCCC/C=C\C=C/CCCCCCCC(=O)O[C@H](COC(=O)CCCCCCCCCCCCC(C)C)COP(=O)(O)OC[C@@H](O)COP(=O)(O)OC[C@@H](COC(=O)CCCCCCCCC)OC(=O)CCCCCCCCC(C)C. The van der Waals surface area contributed by atoms with Crippen LogP contribution in [0, 0.1) is 11.8 Å². The number of carbonyl (C=O) groups excluding carboxylic acids is 4. The number of aliphatic hydroxyl groups is 1. The van der Waals surface area contributed by atoms with Crippen molar-refractivity contribution in [3.05, 3.63) is 24.3 Å². The van der Waals surface area contributed by atoms with E-state index in [-0.39, 0.29) is 25.7 Å². The molecule has 2 unspecified atom stereocenters. The first-order valence-electron chi connectivity index (χ1n) is 33.3. The summed E-state index contributed by atoms with van der Waals surface area (Å²) in [4.78, 5) is 72.1. The number of hydrogen-bond donors (Lipinski definition) is 3. The van der Waals surface area contributed by atoms with E-state index in [1.165, 1.54) is 89.9 Å². The van der Waals surface area contributed by atoms with Gasteiger partial charge < -0.3 is 33.8 Å². The third-order valence-corrected chi connectivity index (χ3v) is 16.2. The molecule has 0 saturated heterocycles. The predicted octanol–water partition coefficient (Wildman–Crippen LogP) is 17.6. The summed E-state index contributed by atoms with van der Waals surface area (Å²) in [5.74, 6) is -0.748. The molecule has 0 rings (SSSR count). The number of rotatable bonds is 62. The summed E-state index contributed by atoms with van der Waals surface area (Å²) < 4.78 is 67.9. The Morgan fingerprint density at radius 2 is 0.643 bits per heavy atom. The standard InChI is InChI=1S/C65H122O17P2/c1-7-9-11-13-15-16-17-18-19-20-21-26-30-37-43-49-64(69)81-60(54-76-63(68)48-42-36-29-25-23-22-24-28-33-39-45-57(3)4)55-79-83(71,72)77-51-59(66)52-78-84(73,74)80-56-61(53-75-62(67)47-41-35-27-14-12-10-8-2)82-65(70)50-44-38-32-31-34-40-46-58(5)6/h16-19,57-61,66H,7-15,20-56H2,1-6H3,(H,71,72)(H,73,74)/b17-16-,19-18-/t59-,60-,61-/m1/s1. The van der Waals surface area contributed by atoms with Crippen molar-refractivity contribution in [3.63, 3.8) is 0 Å². The van der Waals surface area contributed by atoms with Crippen molar-refractivity contribution in [2.24, 2.45) is 11.8 Å². The number of phosphoric ester groups is 2. The Bertz CT molecular complexity index is 1740. The van der Waals surface area contributed by atoms with Gasteiger partial charge in [-0.25, -0.2) is 9.13 Å². The van der Waals surface area contributed by atoms with E-state index in [0.717, 1.165) is 121 Å². The van der Waals surface area contributed by atoms with Crippen molar-refractivity contribution in [2.45, 2.75) is 317 Å². The van der Waals surface area contributed by atoms with Crippen LogP contribution in [-0.2, 0) is 65.4 Å². The molecule has 0 fully saturated rings. The van der Waals surface area contributed by atoms with Crippen molar-refractivity contribution in [1.29, 1.82) is 0 Å². The molecule has 0 bridgehead atoms. The maximum atomic E-state index is 13.0. The topological polar surface area (TPSA) is 237 Å². The van der Waals surface area contributed by atoms with Crippen LogP contribution in [0.3, 0.4) is 0 Å². The molecule has 17 nitrogen and oxygen atoms in total. The lowest BCUT2D eigenvalue weighted by Crippen LogP contribution is -2.30. The highest BCUT2D eigenvalue weighted by Crippen LogP contribution is 2.45. The van der Waals surface area contributed by atoms with Gasteiger partial charge in [0.1, 0.15) is 19.3 Å². The second-order valence-corrected chi connectivity index (χ2v) is 26.7. The molecular weight excluding hydrogens is 1110 g/mol. The number of aliphatic hydroxyl groups excluding tert-OH is 1. The fourth-order valence-electron chi connectivity index (χ4n) is 9.17. The first kappa shape index (κ1) is 81.5. The van der Waals surface area contributed by atoms with E-state index >= 15 is 0 Å².